The molecule has 1 aliphatic carbocycles. The predicted molar refractivity (Wildman–Crippen MR) is 68.2 cm³/mol. The molecule has 0 radical (unpaired) electrons. The molecule has 1 saturated carbocycles. The van der Waals surface area contributed by atoms with E-state index in [-0.39, 0.29) is 36.5 Å². The molecule has 2 aliphatic rings. The van der Waals surface area contributed by atoms with Crippen LogP contribution in [0.3, 0.4) is 0 Å². The number of carbonyl (C=O) groups is 3. The van der Waals surface area contributed by atoms with E-state index in [2.05, 4.69) is 0 Å². The molecule has 1 heterocycles. The number of carbonyl (C=O) groups excluding carboxylic acids is 2. The van der Waals surface area contributed by atoms with E-state index in [0.717, 1.165) is 4.90 Å². The van der Waals surface area contributed by atoms with Crippen LogP contribution in [0.25, 0.3) is 0 Å². The molecule has 2 fully saturated rings. The molecule has 2 amide bonds. The molecular weight excluding hydrogens is 246 g/mol. The molecule has 1 aliphatic heterocycles. The van der Waals surface area contributed by atoms with Gasteiger partial charge in [0.25, 0.3) is 0 Å². The molecule has 19 heavy (non-hydrogen) atoms. The van der Waals surface area contributed by atoms with Crippen LogP contribution in [0.5, 0.6) is 0 Å². The topological polar surface area (TPSA) is 74.7 Å². The third kappa shape index (κ3) is 1.78. The highest BCUT2D eigenvalue weighted by Gasteiger charge is 2.59. The summed E-state index contributed by atoms with van der Waals surface area (Å²) in [4.78, 5) is 37.6. The van der Waals surface area contributed by atoms with Gasteiger partial charge < -0.3 is 5.11 Å². The molecule has 5 nitrogen and oxygen atoms in total. The Hall–Kier alpha value is -1.39. The van der Waals surface area contributed by atoms with Crippen LogP contribution in [0, 0.1) is 17.8 Å². The number of aliphatic carboxylic acids is 1. The Balaban J connectivity index is 2.39. The van der Waals surface area contributed by atoms with Crippen molar-refractivity contribution in [2.45, 2.75) is 52.0 Å². The van der Waals surface area contributed by atoms with Crippen molar-refractivity contribution in [3.63, 3.8) is 0 Å². The summed E-state index contributed by atoms with van der Waals surface area (Å²) in [7, 11) is 0. The highest BCUT2D eigenvalue weighted by Crippen LogP contribution is 2.46. The summed E-state index contributed by atoms with van der Waals surface area (Å²) >= 11 is 0. The molecule has 1 saturated heterocycles. The third-order valence-electron chi connectivity index (χ3n) is 4.87. The monoisotopic (exact) mass is 267 g/mol. The van der Waals surface area contributed by atoms with E-state index in [1.165, 1.54) is 0 Å². The maximum Gasteiger partial charge on any atom is 0.330 e. The number of rotatable bonds is 4. The van der Waals surface area contributed by atoms with Gasteiger partial charge in [0.15, 0.2) is 0 Å². The van der Waals surface area contributed by atoms with Crippen LogP contribution in [0.1, 0.15) is 46.5 Å². The fraction of sp³-hybridized carbons (Fsp3) is 0.786. The largest absolute Gasteiger partial charge is 0.479 e. The molecule has 0 aromatic rings. The fourth-order valence-corrected chi connectivity index (χ4v) is 3.66. The first-order chi connectivity index (χ1) is 8.89. The Labute approximate surface area is 113 Å². The smallest absolute Gasteiger partial charge is 0.330 e. The molecule has 0 aromatic heterocycles. The summed E-state index contributed by atoms with van der Waals surface area (Å²) in [6.07, 6.45) is 1.92. The molecule has 0 bridgehead atoms. The van der Waals surface area contributed by atoms with E-state index in [0.29, 0.717) is 18.8 Å². The lowest BCUT2D eigenvalue weighted by Crippen LogP contribution is -2.57. The molecule has 1 N–H and O–H groups in total. The van der Waals surface area contributed by atoms with E-state index >= 15 is 0 Å². The lowest BCUT2D eigenvalue weighted by molar-refractivity contribution is -0.164. The highest BCUT2D eigenvalue weighted by atomic mass is 16.4. The Morgan fingerprint density at radius 3 is 1.95 bits per heavy atom. The van der Waals surface area contributed by atoms with Crippen molar-refractivity contribution < 1.29 is 19.5 Å². The van der Waals surface area contributed by atoms with Gasteiger partial charge in [-0.25, -0.2) is 4.79 Å². The van der Waals surface area contributed by atoms with Gasteiger partial charge in [0, 0.05) is 0 Å². The van der Waals surface area contributed by atoms with Crippen LogP contribution >= 0.6 is 0 Å². The zero-order valence-electron chi connectivity index (χ0n) is 11.7. The number of likely N-dealkylation sites (tertiary alicyclic amines) is 1. The lowest BCUT2D eigenvalue weighted by Gasteiger charge is -2.36. The third-order valence-corrected chi connectivity index (χ3v) is 4.87. The molecule has 2 atom stereocenters. The number of fused-ring (bicyclic) bond motifs is 1. The average Bonchev–Trinajstić information content (AvgIpc) is 2.84. The van der Waals surface area contributed by atoms with Gasteiger partial charge in [-0.1, -0.05) is 20.8 Å². The molecule has 5 heteroatoms. The van der Waals surface area contributed by atoms with E-state index in [4.69, 9.17) is 0 Å². The first kappa shape index (κ1) is 14.0. The van der Waals surface area contributed by atoms with Crippen molar-refractivity contribution >= 4 is 17.8 Å². The predicted octanol–water partition coefficient (Wildman–Crippen LogP) is 1.66. The molecule has 0 aromatic carbocycles. The van der Waals surface area contributed by atoms with Crippen molar-refractivity contribution in [3.05, 3.63) is 0 Å². The minimum atomic E-state index is -1.36. The Kier molecular flexibility index (Phi) is 3.41. The molecule has 0 spiro atoms. The highest BCUT2D eigenvalue weighted by molar-refractivity contribution is 6.09. The van der Waals surface area contributed by atoms with Gasteiger partial charge in [0.05, 0.1) is 11.8 Å². The van der Waals surface area contributed by atoms with Crippen molar-refractivity contribution in [3.8, 4) is 0 Å². The molecular formula is C14H21NO4. The van der Waals surface area contributed by atoms with E-state index in [1.807, 2.05) is 6.92 Å². The van der Waals surface area contributed by atoms with Gasteiger partial charge in [0.2, 0.25) is 11.8 Å². The second-order valence-corrected chi connectivity index (χ2v) is 5.85. The zero-order chi connectivity index (χ0) is 14.4. The summed E-state index contributed by atoms with van der Waals surface area (Å²) in [5.74, 6) is -1.84. The standard InChI is InChI=1S/C14H21NO4/c1-4-14(5-2,13(18)19)15-11(16)9-6-8(3)7-10(9)12(15)17/h8-10H,4-7H2,1-3H3,(H,18,19). The van der Waals surface area contributed by atoms with Gasteiger partial charge in [-0.05, 0) is 31.6 Å². The van der Waals surface area contributed by atoms with Crippen molar-refractivity contribution in [1.82, 2.24) is 4.90 Å². The minimum Gasteiger partial charge on any atom is -0.479 e. The Morgan fingerprint density at radius 2 is 1.63 bits per heavy atom. The van der Waals surface area contributed by atoms with Crippen LogP contribution in [0.2, 0.25) is 0 Å². The number of imide groups is 1. The minimum absolute atomic E-state index is 0.255. The maximum absolute atomic E-state index is 12.5. The number of hydrogen-bond acceptors (Lipinski definition) is 3. The van der Waals surface area contributed by atoms with E-state index in [9.17, 15) is 19.5 Å². The Morgan fingerprint density at radius 1 is 1.21 bits per heavy atom. The normalized spacial score (nSPS) is 30.9. The number of amides is 2. The number of carboxylic acids is 1. The van der Waals surface area contributed by atoms with Crippen LogP contribution in [-0.2, 0) is 14.4 Å². The summed E-state index contributed by atoms with van der Waals surface area (Å²) in [6.45, 7) is 5.47. The van der Waals surface area contributed by atoms with Gasteiger partial charge in [-0.2, -0.15) is 0 Å². The van der Waals surface area contributed by atoms with Crippen LogP contribution in [-0.4, -0.2) is 33.3 Å². The summed E-state index contributed by atoms with van der Waals surface area (Å²) in [5, 5.41) is 9.49. The molecule has 106 valence electrons. The summed E-state index contributed by atoms with van der Waals surface area (Å²) in [5.41, 5.74) is -1.36. The molecule has 2 unspecified atom stereocenters. The Bertz CT molecular complexity index is 403. The quantitative estimate of drug-likeness (QED) is 0.786. The van der Waals surface area contributed by atoms with Crippen LogP contribution in [0.4, 0.5) is 0 Å². The van der Waals surface area contributed by atoms with Crippen molar-refractivity contribution in [2.75, 3.05) is 0 Å². The summed E-state index contributed by atoms with van der Waals surface area (Å²) < 4.78 is 0. The number of carboxylic acid groups (broad SMARTS) is 1. The van der Waals surface area contributed by atoms with Gasteiger partial charge >= 0.3 is 5.97 Å². The lowest BCUT2D eigenvalue weighted by atomic mass is 9.90. The second-order valence-electron chi connectivity index (χ2n) is 5.85. The van der Waals surface area contributed by atoms with Gasteiger partial charge in [0.1, 0.15) is 5.54 Å². The molecule has 2 rings (SSSR count). The first-order valence-corrected chi connectivity index (χ1v) is 7.00. The van der Waals surface area contributed by atoms with Gasteiger partial charge in [-0.15, -0.1) is 0 Å². The number of nitrogens with zero attached hydrogens (tertiary/aromatic N) is 1. The van der Waals surface area contributed by atoms with Crippen LogP contribution in [0.15, 0.2) is 0 Å². The van der Waals surface area contributed by atoms with E-state index in [1.54, 1.807) is 13.8 Å². The van der Waals surface area contributed by atoms with Crippen molar-refractivity contribution in [2.24, 2.45) is 17.8 Å². The van der Waals surface area contributed by atoms with E-state index < -0.39 is 11.5 Å². The van der Waals surface area contributed by atoms with Gasteiger partial charge in [-0.3, -0.25) is 14.5 Å². The van der Waals surface area contributed by atoms with Crippen molar-refractivity contribution in [1.29, 1.82) is 0 Å². The SMILES string of the molecule is CCC(CC)(C(=O)O)N1C(=O)C2CC(C)CC2C1=O. The first-order valence-electron chi connectivity index (χ1n) is 7.00. The zero-order valence-corrected chi connectivity index (χ0v) is 11.7. The average molecular weight is 267 g/mol. The summed E-state index contributed by atoms with van der Waals surface area (Å²) in [6, 6.07) is 0. The fourth-order valence-electron chi connectivity index (χ4n) is 3.66. The number of hydrogen-bond donors (Lipinski definition) is 1. The van der Waals surface area contributed by atoms with Crippen LogP contribution < -0.4 is 0 Å². The maximum atomic E-state index is 12.5. The second kappa shape index (κ2) is 4.62.